The highest BCUT2D eigenvalue weighted by molar-refractivity contribution is 8.26. The second-order valence-electron chi connectivity index (χ2n) is 5.72. The van der Waals surface area contributed by atoms with Gasteiger partial charge in [-0.25, -0.2) is 13.4 Å². The van der Waals surface area contributed by atoms with Gasteiger partial charge in [-0.3, -0.25) is 4.79 Å². The van der Waals surface area contributed by atoms with E-state index in [1.165, 1.54) is 12.1 Å². The molecule has 1 fully saturated rings. The third kappa shape index (κ3) is 4.72. The van der Waals surface area contributed by atoms with Crippen LogP contribution in [0.15, 0.2) is 82.1 Å². The average Bonchev–Trinajstić information content (AvgIpc) is 2.90. The Bertz CT molecular complexity index is 1030. The van der Waals surface area contributed by atoms with Crippen molar-refractivity contribution in [2.24, 2.45) is 0 Å². The number of amides is 1. The molecule has 1 heterocycles. The van der Waals surface area contributed by atoms with Gasteiger partial charge in [-0.2, -0.15) is 0 Å². The van der Waals surface area contributed by atoms with E-state index in [4.69, 9.17) is 12.2 Å². The molecule has 5 nitrogen and oxygen atoms in total. The average molecular weight is 417 g/mol. The van der Waals surface area contributed by atoms with Gasteiger partial charge in [0.2, 0.25) is 0 Å². The summed E-state index contributed by atoms with van der Waals surface area (Å²) in [6.45, 7) is 1.87. The molecule has 0 atom stereocenters. The summed E-state index contributed by atoms with van der Waals surface area (Å²) in [5.74, 6) is -0.495. The number of carbonyl (C=O) groups excluding carboxylic acids is 1. The first kappa shape index (κ1) is 19.5. The van der Waals surface area contributed by atoms with E-state index >= 15 is 0 Å². The van der Waals surface area contributed by atoms with Crippen molar-refractivity contribution in [2.45, 2.75) is 11.8 Å². The summed E-state index contributed by atoms with van der Waals surface area (Å²) >= 11 is 6.23. The molecule has 0 saturated carbocycles. The van der Waals surface area contributed by atoms with E-state index in [0.717, 1.165) is 27.9 Å². The molecule has 0 bridgehead atoms. The lowest BCUT2D eigenvalue weighted by Crippen LogP contribution is -2.44. The lowest BCUT2D eigenvalue weighted by atomic mass is 10.1. The van der Waals surface area contributed by atoms with Crippen molar-refractivity contribution in [2.75, 3.05) is 0 Å². The molecule has 27 heavy (non-hydrogen) atoms. The summed E-state index contributed by atoms with van der Waals surface area (Å²) in [6, 6.07) is 17.5. The van der Waals surface area contributed by atoms with Crippen LogP contribution in [-0.2, 0) is 14.8 Å². The van der Waals surface area contributed by atoms with Gasteiger partial charge in [0.1, 0.15) is 0 Å². The lowest BCUT2D eigenvalue weighted by molar-refractivity contribution is -0.123. The molecule has 8 heteroatoms. The molecule has 0 unspecified atom stereocenters. The molecular formula is C19H16N2O3S3. The van der Waals surface area contributed by atoms with Crippen LogP contribution in [0.5, 0.6) is 0 Å². The topological polar surface area (TPSA) is 66.5 Å². The number of thiocarbonyl (C=S) groups is 1. The number of hydrazine groups is 1. The number of nitrogens with one attached hydrogen (secondary N) is 1. The van der Waals surface area contributed by atoms with Crippen LogP contribution in [-0.4, -0.2) is 23.7 Å². The predicted octanol–water partition coefficient (Wildman–Crippen LogP) is 3.73. The first-order chi connectivity index (χ1) is 12.9. The standard InChI is InChI=1S/C19H16N2O3S3/c1-14(12-15-8-4-2-5-9-15)13-17-18(22)21(19(25)26-17)20-27(23,24)16-10-6-3-7-11-16/h2-13,20H,1H3/b14-12-,17-13+. The van der Waals surface area contributed by atoms with Crippen molar-refractivity contribution in [1.29, 1.82) is 0 Å². The zero-order valence-corrected chi connectivity index (χ0v) is 16.8. The molecule has 1 saturated heterocycles. The first-order valence-corrected chi connectivity index (χ1v) is 10.7. The third-order valence-corrected chi connectivity index (χ3v) is 6.23. The van der Waals surface area contributed by atoms with Crippen molar-refractivity contribution in [3.05, 3.63) is 82.8 Å². The highest BCUT2D eigenvalue weighted by Gasteiger charge is 2.35. The van der Waals surface area contributed by atoms with Gasteiger partial charge < -0.3 is 0 Å². The van der Waals surface area contributed by atoms with Crippen molar-refractivity contribution in [3.63, 3.8) is 0 Å². The molecular weight excluding hydrogens is 400 g/mol. The van der Waals surface area contributed by atoms with Crippen LogP contribution < -0.4 is 4.83 Å². The quantitative estimate of drug-likeness (QED) is 0.594. The van der Waals surface area contributed by atoms with Crippen LogP contribution in [0, 0.1) is 0 Å². The Balaban J connectivity index is 1.80. The maximum atomic E-state index is 12.6. The summed E-state index contributed by atoms with van der Waals surface area (Å²) < 4.78 is 25.0. The van der Waals surface area contributed by atoms with E-state index in [0.29, 0.717) is 4.91 Å². The van der Waals surface area contributed by atoms with Crippen LogP contribution >= 0.6 is 24.0 Å². The number of allylic oxidation sites excluding steroid dienone is 2. The number of thioether (sulfide) groups is 1. The Hall–Kier alpha value is -2.26. The smallest absolute Gasteiger partial charge is 0.267 e. The van der Waals surface area contributed by atoms with Gasteiger partial charge in [0.15, 0.2) is 4.32 Å². The van der Waals surface area contributed by atoms with Crippen molar-refractivity contribution in [3.8, 4) is 0 Å². The molecule has 0 aromatic heterocycles. The van der Waals surface area contributed by atoms with E-state index in [2.05, 4.69) is 4.83 Å². The minimum Gasteiger partial charge on any atom is -0.267 e. The monoisotopic (exact) mass is 416 g/mol. The van der Waals surface area contributed by atoms with Gasteiger partial charge in [-0.15, -0.1) is 4.83 Å². The van der Waals surface area contributed by atoms with Crippen molar-refractivity contribution >= 4 is 50.3 Å². The van der Waals surface area contributed by atoms with Crippen molar-refractivity contribution in [1.82, 2.24) is 9.84 Å². The molecule has 2 aromatic carbocycles. The minimum absolute atomic E-state index is 0.0585. The molecule has 1 aliphatic rings. The molecule has 0 aliphatic carbocycles. The highest BCUT2D eigenvalue weighted by Crippen LogP contribution is 2.31. The molecule has 1 amide bonds. The molecule has 0 spiro atoms. The summed E-state index contributed by atoms with van der Waals surface area (Å²) in [5, 5.41) is 0.893. The Morgan fingerprint density at radius 3 is 2.30 bits per heavy atom. The molecule has 138 valence electrons. The number of hydrogen-bond donors (Lipinski definition) is 1. The molecule has 0 radical (unpaired) electrons. The normalized spacial score (nSPS) is 17.0. The number of benzene rings is 2. The van der Waals surface area contributed by atoms with Gasteiger partial charge in [-0.05, 0) is 36.3 Å². The number of rotatable bonds is 5. The Morgan fingerprint density at radius 2 is 1.67 bits per heavy atom. The first-order valence-electron chi connectivity index (χ1n) is 7.95. The number of carbonyl (C=O) groups is 1. The van der Waals surface area contributed by atoms with Crippen LogP contribution in [0.25, 0.3) is 6.08 Å². The predicted molar refractivity (Wildman–Crippen MR) is 112 cm³/mol. The second kappa shape index (κ2) is 8.18. The second-order valence-corrected chi connectivity index (χ2v) is 9.06. The Kier molecular flexibility index (Phi) is 5.91. The minimum atomic E-state index is -3.90. The number of nitrogens with zero attached hydrogens (tertiary/aromatic N) is 1. The van der Waals surface area contributed by atoms with Crippen LogP contribution in [0.4, 0.5) is 0 Å². The van der Waals surface area contributed by atoms with Gasteiger partial charge in [0.05, 0.1) is 9.80 Å². The largest absolute Gasteiger partial charge is 0.281 e. The zero-order chi connectivity index (χ0) is 19.4. The third-order valence-electron chi connectivity index (χ3n) is 3.61. The fourth-order valence-corrected chi connectivity index (χ4v) is 4.76. The van der Waals surface area contributed by atoms with E-state index < -0.39 is 15.9 Å². The van der Waals surface area contributed by atoms with Gasteiger partial charge in [0.25, 0.3) is 15.9 Å². The summed E-state index contributed by atoms with van der Waals surface area (Å²) in [4.78, 5) is 15.3. The summed E-state index contributed by atoms with van der Waals surface area (Å²) in [6.07, 6.45) is 3.63. The van der Waals surface area contributed by atoms with Crippen molar-refractivity contribution < 1.29 is 13.2 Å². The Morgan fingerprint density at radius 1 is 1.07 bits per heavy atom. The van der Waals surface area contributed by atoms with Gasteiger partial charge >= 0.3 is 0 Å². The van der Waals surface area contributed by atoms with E-state index in [1.807, 2.05) is 43.3 Å². The van der Waals surface area contributed by atoms with Crippen LogP contribution in [0.1, 0.15) is 12.5 Å². The maximum absolute atomic E-state index is 12.6. The molecule has 1 aliphatic heterocycles. The molecule has 3 rings (SSSR count). The van der Waals surface area contributed by atoms with Gasteiger partial charge in [0, 0.05) is 0 Å². The maximum Gasteiger partial charge on any atom is 0.281 e. The molecule has 1 N–H and O–H groups in total. The molecule has 2 aromatic rings. The van der Waals surface area contributed by atoms with Gasteiger partial charge in [-0.1, -0.05) is 78.6 Å². The Labute approximate surface area is 167 Å². The fourth-order valence-electron chi connectivity index (χ4n) is 2.38. The highest BCUT2D eigenvalue weighted by atomic mass is 32.2. The number of sulfonamides is 1. The lowest BCUT2D eigenvalue weighted by Gasteiger charge is -2.15. The number of hydrogen-bond acceptors (Lipinski definition) is 5. The van der Waals surface area contributed by atoms with E-state index in [1.54, 1.807) is 24.3 Å². The fraction of sp³-hybridized carbons (Fsp3) is 0.0526. The van der Waals surface area contributed by atoms with E-state index in [-0.39, 0.29) is 9.22 Å². The summed E-state index contributed by atoms with van der Waals surface area (Å²) in [5.41, 5.74) is 1.86. The van der Waals surface area contributed by atoms with Crippen LogP contribution in [0.2, 0.25) is 0 Å². The van der Waals surface area contributed by atoms with E-state index in [9.17, 15) is 13.2 Å². The van der Waals surface area contributed by atoms with Crippen LogP contribution in [0.3, 0.4) is 0 Å². The zero-order valence-electron chi connectivity index (χ0n) is 14.3. The SMILES string of the molecule is CC(=C/c1ccccc1)/C=C1/SC(=S)N(NS(=O)(=O)c2ccccc2)C1=O. The summed E-state index contributed by atoms with van der Waals surface area (Å²) in [7, 11) is -3.90.